The van der Waals surface area contributed by atoms with Gasteiger partial charge in [-0.2, -0.15) is 0 Å². The van der Waals surface area contributed by atoms with Gasteiger partial charge >= 0.3 is 11.8 Å². The van der Waals surface area contributed by atoms with Gasteiger partial charge in [0.25, 0.3) is 5.56 Å². The molecule has 0 saturated carbocycles. The number of Topliss-reactive ketones (excluding diaryl/α,β-unsaturated/α-hetero) is 1. The number of nitrogens with zero attached hydrogens (tertiary/aromatic N) is 3. The van der Waals surface area contributed by atoms with Gasteiger partial charge in [0, 0.05) is 46.5 Å². The highest BCUT2D eigenvalue weighted by atomic mass is 32.2. The first kappa shape index (κ1) is 27.0. The van der Waals surface area contributed by atoms with Crippen LogP contribution in [0.1, 0.15) is 33.0 Å². The number of benzene rings is 4. The van der Waals surface area contributed by atoms with Crippen LogP contribution in [0.15, 0.2) is 122 Å². The van der Waals surface area contributed by atoms with Crippen LogP contribution in [0.3, 0.4) is 0 Å². The number of carbonyl (C=O) groups excluding carboxylic acids is 2. The van der Waals surface area contributed by atoms with Crippen LogP contribution < -0.4 is 26.2 Å². The number of allylic oxidation sites excluding steroid dienone is 1. The molecule has 10 heteroatoms. The van der Waals surface area contributed by atoms with Gasteiger partial charge in [0.15, 0.2) is 5.78 Å². The van der Waals surface area contributed by atoms with Crippen LogP contribution in [0.5, 0.6) is 5.75 Å². The van der Waals surface area contributed by atoms with E-state index in [2.05, 4.69) is 5.32 Å². The smallest absolute Gasteiger partial charge is 0.410 e. The lowest BCUT2D eigenvalue weighted by Gasteiger charge is -2.30. The Kier molecular flexibility index (Phi) is 5.97. The first-order valence-corrected chi connectivity index (χ1v) is 15.1. The lowest BCUT2D eigenvalue weighted by atomic mass is 9.81. The van der Waals surface area contributed by atoms with Gasteiger partial charge in [-0.05, 0) is 42.0 Å². The molecule has 0 radical (unpaired) electrons. The molecule has 1 atom stereocenters. The van der Waals surface area contributed by atoms with Gasteiger partial charge in [0.2, 0.25) is 0 Å². The van der Waals surface area contributed by atoms with Gasteiger partial charge in [-0.1, -0.05) is 72.4 Å². The van der Waals surface area contributed by atoms with Gasteiger partial charge in [0.05, 0.1) is 22.6 Å². The molecule has 0 bridgehead atoms. The zero-order valence-corrected chi connectivity index (χ0v) is 24.9. The Hall–Kier alpha value is -5.61. The standard InChI is InChI=1S/C35H24N4O5S/c1-37-32-29(33(41)38(2)34(37)42)27(28-30(36-32)21-9-3-4-10-22(21)31(28)40)19-15-17-20(18-16-19)44-35(43)39-23-11-5-7-13-25(23)45-26-14-8-6-12-24(26)39/h3-18,27,36H,1-2H3/t27-/m0/s1. The molecule has 9 nitrogen and oxygen atoms in total. The third kappa shape index (κ3) is 3.95. The van der Waals surface area contributed by atoms with Crippen LogP contribution in [-0.4, -0.2) is 21.0 Å². The summed E-state index contributed by atoms with van der Waals surface area (Å²) < 4.78 is 8.33. The predicted octanol–water partition coefficient (Wildman–Crippen LogP) is 6.05. The van der Waals surface area contributed by atoms with E-state index in [9.17, 15) is 19.2 Å². The number of carbonyl (C=O) groups is 2. The van der Waals surface area contributed by atoms with E-state index < -0.39 is 23.3 Å². The summed E-state index contributed by atoms with van der Waals surface area (Å²) >= 11 is 1.59. The first-order valence-electron chi connectivity index (χ1n) is 14.3. The molecule has 5 aromatic rings. The van der Waals surface area contributed by atoms with Crippen LogP contribution >= 0.6 is 11.8 Å². The third-order valence-corrected chi connectivity index (χ3v) is 9.64. The zero-order valence-electron chi connectivity index (χ0n) is 24.1. The summed E-state index contributed by atoms with van der Waals surface area (Å²) in [4.78, 5) is 57.4. The number of ether oxygens (including phenoxy) is 1. The number of hydrogen-bond donors (Lipinski definition) is 1. The molecule has 220 valence electrons. The Morgan fingerprint density at radius 2 is 1.36 bits per heavy atom. The number of fused-ring (bicyclic) bond motifs is 5. The summed E-state index contributed by atoms with van der Waals surface area (Å²) in [7, 11) is 3.02. The third-order valence-electron chi connectivity index (χ3n) is 8.51. The number of aromatic nitrogens is 2. The molecule has 0 unspecified atom stereocenters. The van der Waals surface area contributed by atoms with Crippen molar-refractivity contribution >= 4 is 46.5 Å². The van der Waals surface area contributed by atoms with Crippen molar-refractivity contribution in [3.8, 4) is 5.75 Å². The maximum Gasteiger partial charge on any atom is 0.424 e. The van der Waals surface area contributed by atoms with Crippen molar-refractivity contribution in [2.45, 2.75) is 15.7 Å². The summed E-state index contributed by atoms with van der Waals surface area (Å²) in [5.74, 6) is -0.304. The van der Waals surface area contributed by atoms with Crippen molar-refractivity contribution in [1.82, 2.24) is 9.13 Å². The second-order valence-electron chi connectivity index (χ2n) is 11.0. The van der Waals surface area contributed by atoms with E-state index in [0.717, 1.165) is 25.7 Å². The molecule has 8 rings (SSSR count). The van der Waals surface area contributed by atoms with Crippen molar-refractivity contribution in [3.63, 3.8) is 0 Å². The highest BCUT2D eigenvalue weighted by molar-refractivity contribution is 7.99. The van der Waals surface area contributed by atoms with Crippen LogP contribution in [0.2, 0.25) is 0 Å². The Labute approximate surface area is 261 Å². The molecule has 1 amide bonds. The Balaban J connectivity index is 1.20. The van der Waals surface area contributed by atoms with Crippen molar-refractivity contribution in [2.75, 3.05) is 10.2 Å². The molecule has 4 aromatic carbocycles. The van der Waals surface area contributed by atoms with E-state index in [1.54, 1.807) is 60.1 Å². The van der Waals surface area contributed by atoms with Crippen molar-refractivity contribution < 1.29 is 14.3 Å². The number of ketones is 1. The van der Waals surface area contributed by atoms with Gasteiger partial charge in [-0.3, -0.25) is 18.7 Å². The number of anilines is 3. The molecule has 1 aromatic heterocycles. The number of para-hydroxylation sites is 2. The molecule has 2 aliphatic heterocycles. The first-order chi connectivity index (χ1) is 21.8. The fraction of sp³-hybridized carbons (Fsp3) is 0.0857. The molecule has 0 fully saturated rings. The van der Waals surface area contributed by atoms with Crippen LogP contribution in [-0.2, 0) is 14.1 Å². The SMILES string of the molecule is Cn1c2c(c(=O)n(C)c1=O)[C@@H](c1ccc(OC(=O)N3c4ccccc4Sc4ccccc43)cc1)C1=C(N2)c2ccccc2C1=O. The van der Waals surface area contributed by atoms with Crippen LogP contribution in [0, 0.1) is 0 Å². The van der Waals surface area contributed by atoms with E-state index in [-0.39, 0.29) is 5.78 Å². The van der Waals surface area contributed by atoms with E-state index in [0.29, 0.717) is 45.1 Å². The van der Waals surface area contributed by atoms with E-state index in [4.69, 9.17) is 4.74 Å². The minimum Gasteiger partial charge on any atom is -0.410 e. The van der Waals surface area contributed by atoms with Gasteiger partial charge in [-0.25, -0.2) is 14.5 Å². The quantitative estimate of drug-likeness (QED) is 0.259. The molecular weight excluding hydrogens is 588 g/mol. The highest BCUT2D eigenvalue weighted by Crippen LogP contribution is 2.49. The van der Waals surface area contributed by atoms with E-state index >= 15 is 0 Å². The van der Waals surface area contributed by atoms with E-state index in [1.807, 2.05) is 60.7 Å². The molecule has 1 N–H and O–H groups in total. The van der Waals surface area contributed by atoms with E-state index in [1.165, 1.54) is 11.6 Å². The summed E-state index contributed by atoms with van der Waals surface area (Å²) in [6.07, 6.45) is -0.564. The van der Waals surface area contributed by atoms with Gasteiger partial charge < -0.3 is 10.1 Å². The molecule has 3 heterocycles. The second kappa shape index (κ2) is 9.96. The number of nitrogens with one attached hydrogen (secondary N) is 1. The monoisotopic (exact) mass is 612 g/mol. The molecule has 3 aliphatic rings. The normalized spacial score (nSPS) is 15.8. The topological polar surface area (TPSA) is 103 Å². The minimum atomic E-state index is -0.760. The Bertz CT molecular complexity index is 2220. The fourth-order valence-electron chi connectivity index (χ4n) is 6.37. The molecule has 45 heavy (non-hydrogen) atoms. The largest absolute Gasteiger partial charge is 0.424 e. The highest BCUT2D eigenvalue weighted by Gasteiger charge is 2.42. The average Bonchev–Trinajstić information content (AvgIpc) is 3.35. The van der Waals surface area contributed by atoms with Crippen LogP contribution in [0.4, 0.5) is 22.0 Å². The van der Waals surface area contributed by atoms with Gasteiger partial charge in [0.1, 0.15) is 11.6 Å². The van der Waals surface area contributed by atoms with Gasteiger partial charge in [-0.15, -0.1) is 0 Å². The van der Waals surface area contributed by atoms with Crippen molar-refractivity contribution in [2.24, 2.45) is 14.1 Å². The number of rotatable bonds is 2. The minimum absolute atomic E-state index is 0.185. The second-order valence-corrected chi connectivity index (χ2v) is 12.1. The molecule has 1 aliphatic carbocycles. The lowest BCUT2D eigenvalue weighted by Crippen LogP contribution is -2.42. The maximum absolute atomic E-state index is 13.8. The molecule has 0 saturated heterocycles. The predicted molar refractivity (Wildman–Crippen MR) is 172 cm³/mol. The summed E-state index contributed by atoms with van der Waals surface area (Å²) in [5, 5.41) is 3.24. The zero-order chi connectivity index (χ0) is 31.0. The average molecular weight is 613 g/mol. The molecular formula is C35H24N4O5S. The lowest BCUT2D eigenvalue weighted by molar-refractivity contribution is 0.103. The number of amides is 1. The number of hydrogen-bond acceptors (Lipinski definition) is 7. The fourth-order valence-corrected chi connectivity index (χ4v) is 7.42. The molecule has 0 spiro atoms. The summed E-state index contributed by atoms with van der Waals surface area (Å²) in [5.41, 5.74) is 3.69. The Morgan fingerprint density at radius 1 is 0.756 bits per heavy atom. The van der Waals surface area contributed by atoms with Crippen LogP contribution in [0.25, 0.3) is 5.70 Å². The van der Waals surface area contributed by atoms with Crippen molar-refractivity contribution in [3.05, 3.63) is 146 Å². The van der Waals surface area contributed by atoms with Crippen molar-refractivity contribution in [1.29, 1.82) is 0 Å². The maximum atomic E-state index is 13.8. The summed E-state index contributed by atoms with van der Waals surface area (Å²) in [6.45, 7) is 0. The Morgan fingerprint density at radius 3 is 2.02 bits per heavy atom. The summed E-state index contributed by atoms with van der Waals surface area (Å²) in [6, 6.07) is 29.4.